The molecule has 0 unspecified atom stereocenters. The van der Waals surface area contributed by atoms with E-state index in [1.165, 1.54) is 7.11 Å². The molecule has 0 radical (unpaired) electrons. The van der Waals surface area contributed by atoms with E-state index in [2.05, 4.69) is 10.4 Å². The van der Waals surface area contributed by atoms with Crippen molar-refractivity contribution in [3.8, 4) is 5.75 Å². The molecule has 0 aliphatic heterocycles. The number of amides is 1. The highest BCUT2D eigenvalue weighted by Crippen LogP contribution is 2.31. The lowest BCUT2D eigenvalue weighted by Gasteiger charge is -2.12. The Morgan fingerprint density at radius 3 is 2.67 bits per heavy atom. The summed E-state index contributed by atoms with van der Waals surface area (Å²) in [5.74, 6) is -0.233. The molecule has 0 saturated heterocycles. The Balaban J connectivity index is 2.22. The zero-order valence-electron chi connectivity index (χ0n) is 13.6. The van der Waals surface area contributed by atoms with Gasteiger partial charge in [0.15, 0.2) is 5.69 Å². The van der Waals surface area contributed by atoms with Crippen molar-refractivity contribution in [3.63, 3.8) is 0 Å². The Hall–Kier alpha value is -2.51. The van der Waals surface area contributed by atoms with Gasteiger partial charge in [0, 0.05) is 24.8 Å². The van der Waals surface area contributed by atoms with Gasteiger partial charge in [-0.2, -0.15) is 18.3 Å². The highest BCUT2D eigenvalue weighted by Gasteiger charge is 2.39. The first-order chi connectivity index (χ1) is 11.3. The molecule has 1 aromatic carbocycles. The van der Waals surface area contributed by atoms with Crippen LogP contribution < -0.4 is 10.1 Å². The standard InChI is InChI=1S/C16H18F3N3O2/c1-4-22-9-12(14(21-22)16(17,18)19)15(23)20-8-11-7-5-6-10(2)13(11)24-3/h5-7,9H,4,8H2,1-3H3,(H,20,23). The lowest BCUT2D eigenvalue weighted by Crippen LogP contribution is -2.25. The van der Waals surface area contributed by atoms with E-state index in [0.717, 1.165) is 16.4 Å². The van der Waals surface area contributed by atoms with E-state index >= 15 is 0 Å². The van der Waals surface area contributed by atoms with E-state index in [4.69, 9.17) is 4.74 Å². The lowest BCUT2D eigenvalue weighted by atomic mass is 10.1. The van der Waals surface area contributed by atoms with Crippen molar-refractivity contribution in [1.29, 1.82) is 0 Å². The maximum Gasteiger partial charge on any atom is 0.435 e. The van der Waals surface area contributed by atoms with E-state index in [-0.39, 0.29) is 13.1 Å². The molecule has 0 aliphatic rings. The molecule has 1 heterocycles. The predicted molar refractivity (Wildman–Crippen MR) is 81.8 cm³/mol. The fourth-order valence-electron chi connectivity index (χ4n) is 2.37. The van der Waals surface area contributed by atoms with Gasteiger partial charge in [-0.15, -0.1) is 0 Å². The summed E-state index contributed by atoms with van der Waals surface area (Å²) in [6, 6.07) is 5.37. The van der Waals surface area contributed by atoms with Crippen LogP contribution in [0.2, 0.25) is 0 Å². The van der Waals surface area contributed by atoms with Gasteiger partial charge in [-0.1, -0.05) is 18.2 Å². The van der Waals surface area contributed by atoms with Crippen LogP contribution >= 0.6 is 0 Å². The quantitative estimate of drug-likeness (QED) is 0.909. The van der Waals surface area contributed by atoms with Crippen LogP contribution in [-0.4, -0.2) is 22.8 Å². The molecule has 0 saturated carbocycles. The molecule has 2 rings (SSSR count). The second kappa shape index (κ2) is 6.94. The first-order valence-electron chi connectivity index (χ1n) is 7.33. The largest absolute Gasteiger partial charge is 0.496 e. The van der Waals surface area contributed by atoms with Crippen LogP contribution in [0.4, 0.5) is 13.2 Å². The third-order valence-corrected chi connectivity index (χ3v) is 3.54. The van der Waals surface area contributed by atoms with Gasteiger partial charge in [0.1, 0.15) is 5.75 Å². The van der Waals surface area contributed by atoms with Gasteiger partial charge in [0.05, 0.1) is 12.7 Å². The summed E-state index contributed by atoms with van der Waals surface area (Å²) in [6.45, 7) is 3.78. The number of para-hydroxylation sites is 1. The summed E-state index contributed by atoms with van der Waals surface area (Å²) in [5.41, 5.74) is -0.115. The van der Waals surface area contributed by atoms with Gasteiger partial charge in [-0.3, -0.25) is 9.48 Å². The molecular formula is C16H18F3N3O2. The Kier molecular flexibility index (Phi) is 5.16. The third-order valence-electron chi connectivity index (χ3n) is 3.54. The zero-order valence-corrected chi connectivity index (χ0v) is 13.6. The highest BCUT2D eigenvalue weighted by molar-refractivity contribution is 5.95. The third kappa shape index (κ3) is 3.69. The van der Waals surface area contributed by atoms with Crippen molar-refractivity contribution >= 4 is 5.91 Å². The number of halogens is 3. The molecule has 0 fully saturated rings. The minimum atomic E-state index is -4.69. The van der Waals surface area contributed by atoms with Crippen LogP contribution in [0.5, 0.6) is 5.75 Å². The van der Waals surface area contributed by atoms with Crippen LogP contribution in [0, 0.1) is 6.92 Å². The molecule has 0 atom stereocenters. The lowest BCUT2D eigenvalue weighted by molar-refractivity contribution is -0.141. The van der Waals surface area contributed by atoms with Crippen LogP contribution in [0.3, 0.4) is 0 Å². The van der Waals surface area contributed by atoms with Crippen molar-refractivity contribution in [2.75, 3.05) is 7.11 Å². The van der Waals surface area contributed by atoms with Gasteiger partial charge in [0.2, 0.25) is 0 Å². The summed E-state index contributed by atoms with van der Waals surface area (Å²) in [5, 5.41) is 5.92. The molecule has 8 heteroatoms. The fraction of sp³-hybridized carbons (Fsp3) is 0.375. The number of aryl methyl sites for hydroxylation is 2. The number of rotatable bonds is 5. The Morgan fingerprint density at radius 2 is 2.08 bits per heavy atom. The molecule has 0 bridgehead atoms. The van der Waals surface area contributed by atoms with Crippen LogP contribution in [-0.2, 0) is 19.3 Å². The molecule has 1 N–H and O–H groups in total. The summed E-state index contributed by atoms with van der Waals surface area (Å²) >= 11 is 0. The normalized spacial score (nSPS) is 11.4. The number of nitrogens with one attached hydrogen (secondary N) is 1. The maximum atomic E-state index is 13.0. The number of carbonyl (C=O) groups is 1. The van der Waals surface area contributed by atoms with E-state index in [1.54, 1.807) is 19.1 Å². The molecule has 5 nitrogen and oxygen atoms in total. The summed E-state index contributed by atoms with van der Waals surface area (Å²) in [4.78, 5) is 12.2. The number of hydrogen-bond donors (Lipinski definition) is 1. The summed E-state index contributed by atoms with van der Waals surface area (Å²) < 4.78 is 45.4. The smallest absolute Gasteiger partial charge is 0.435 e. The van der Waals surface area contributed by atoms with Crippen LogP contribution in [0.15, 0.2) is 24.4 Å². The van der Waals surface area contributed by atoms with E-state index in [9.17, 15) is 18.0 Å². The molecule has 0 spiro atoms. The first kappa shape index (κ1) is 17.8. The molecule has 2 aromatic rings. The van der Waals surface area contributed by atoms with E-state index < -0.39 is 23.3 Å². The van der Waals surface area contributed by atoms with E-state index in [1.807, 2.05) is 13.0 Å². The predicted octanol–water partition coefficient (Wildman–Crippen LogP) is 3.17. The zero-order chi connectivity index (χ0) is 17.9. The molecule has 24 heavy (non-hydrogen) atoms. The number of hydrogen-bond acceptors (Lipinski definition) is 3. The number of aromatic nitrogens is 2. The second-order valence-corrected chi connectivity index (χ2v) is 5.19. The maximum absolute atomic E-state index is 13.0. The summed E-state index contributed by atoms with van der Waals surface area (Å²) in [7, 11) is 1.50. The summed E-state index contributed by atoms with van der Waals surface area (Å²) in [6.07, 6.45) is -3.58. The molecule has 130 valence electrons. The number of benzene rings is 1. The number of ether oxygens (including phenoxy) is 1. The number of nitrogens with zero attached hydrogens (tertiary/aromatic N) is 2. The first-order valence-corrected chi connectivity index (χ1v) is 7.33. The number of methoxy groups -OCH3 is 1. The van der Waals surface area contributed by atoms with Gasteiger partial charge in [-0.05, 0) is 19.4 Å². The van der Waals surface area contributed by atoms with Gasteiger partial charge >= 0.3 is 6.18 Å². The monoisotopic (exact) mass is 341 g/mol. The minimum Gasteiger partial charge on any atom is -0.496 e. The van der Waals surface area contributed by atoms with Crippen LogP contribution in [0.1, 0.15) is 34.1 Å². The van der Waals surface area contributed by atoms with Crippen molar-refractivity contribution in [2.45, 2.75) is 33.1 Å². The van der Waals surface area contributed by atoms with Crippen molar-refractivity contribution < 1.29 is 22.7 Å². The minimum absolute atomic E-state index is 0.0539. The Bertz CT molecular complexity index is 739. The fourth-order valence-corrected chi connectivity index (χ4v) is 2.37. The molecular weight excluding hydrogens is 323 g/mol. The van der Waals surface area contributed by atoms with Crippen LogP contribution in [0.25, 0.3) is 0 Å². The molecule has 1 amide bonds. The molecule has 0 aliphatic carbocycles. The highest BCUT2D eigenvalue weighted by atomic mass is 19.4. The van der Waals surface area contributed by atoms with Crippen molar-refractivity contribution in [2.24, 2.45) is 0 Å². The Morgan fingerprint density at radius 1 is 1.38 bits per heavy atom. The van der Waals surface area contributed by atoms with Crippen molar-refractivity contribution in [3.05, 3.63) is 46.8 Å². The number of carbonyl (C=O) groups excluding carboxylic acids is 1. The molecule has 1 aromatic heterocycles. The van der Waals surface area contributed by atoms with Gasteiger partial charge < -0.3 is 10.1 Å². The SMILES string of the molecule is CCn1cc(C(=O)NCc2cccc(C)c2OC)c(C(F)(F)F)n1. The average molecular weight is 341 g/mol. The second-order valence-electron chi connectivity index (χ2n) is 5.19. The van der Waals surface area contributed by atoms with E-state index in [0.29, 0.717) is 11.3 Å². The average Bonchev–Trinajstić information content (AvgIpc) is 2.97. The van der Waals surface area contributed by atoms with Gasteiger partial charge in [0.25, 0.3) is 5.91 Å². The van der Waals surface area contributed by atoms with Crippen molar-refractivity contribution in [1.82, 2.24) is 15.1 Å². The Labute approximate surface area is 137 Å². The topological polar surface area (TPSA) is 56.2 Å². The number of alkyl halides is 3. The van der Waals surface area contributed by atoms with Gasteiger partial charge in [-0.25, -0.2) is 0 Å².